The molecule has 0 aromatic heterocycles. The fourth-order valence-electron chi connectivity index (χ4n) is 1.76. The molecule has 0 aliphatic heterocycles. The normalized spacial score (nSPS) is 12.7. The standard InChI is InChI=1S/C15H18O/c1-4-12(3)16-15-10-14-8-6-5-7-13(14)9-11(15)2/h5-10,12H,4H2,1-3H3. The predicted molar refractivity (Wildman–Crippen MR) is 69.1 cm³/mol. The molecule has 0 amide bonds. The largest absolute Gasteiger partial charge is 0.490 e. The van der Waals surface area contributed by atoms with Gasteiger partial charge in [0.2, 0.25) is 0 Å². The molecule has 0 fully saturated rings. The van der Waals surface area contributed by atoms with Crippen molar-refractivity contribution in [3.8, 4) is 5.75 Å². The zero-order chi connectivity index (χ0) is 11.5. The van der Waals surface area contributed by atoms with Gasteiger partial charge in [-0.3, -0.25) is 0 Å². The summed E-state index contributed by atoms with van der Waals surface area (Å²) in [7, 11) is 0. The van der Waals surface area contributed by atoms with Gasteiger partial charge in [0.25, 0.3) is 0 Å². The third-order valence-electron chi connectivity index (χ3n) is 2.95. The van der Waals surface area contributed by atoms with E-state index in [1.807, 2.05) is 0 Å². The Hall–Kier alpha value is -1.50. The Labute approximate surface area is 97.1 Å². The Morgan fingerprint density at radius 3 is 2.38 bits per heavy atom. The minimum Gasteiger partial charge on any atom is -0.490 e. The molecule has 0 saturated heterocycles. The first-order valence-electron chi connectivity index (χ1n) is 5.86. The van der Waals surface area contributed by atoms with Crippen molar-refractivity contribution in [3.05, 3.63) is 42.0 Å². The van der Waals surface area contributed by atoms with Gasteiger partial charge in [0.1, 0.15) is 5.75 Å². The van der Waals surface area contributed by atoms with Crippen LogP contribution in [0.5, 0.6) is 5.75 Å². The SMILES string of the molecule is CCC(C)Oc1cc2ccccc2cc1C. The molecule has 2 aromatic carbocycles. The smallest absolute Gasteiger partial charge is 0.123 e. The van der Waals surface area contributed by atoms with Gasteiger partial charge in [-0.05, 0) is 48.7 Å². The van der Waals surface area contributed by atoms with Gasteiger partial charge in [-0.1, -0.05) is 31.2 Å². The molecule has 0 radical (unpaired) electrons. The second kappa shape index (κ2) is 4.56. The van der Waals surface area contributed by atoms with E-state index in [0.29, 0.717) is 0 Å². The van der Waals surface area contributed by atoms with Crippen molar-refractivity contribution < 1.29 is 4.74 Å². The van der Waals surface area contributed by atoms with Crippen LogP contribution in [-0.2, 0) is 0 Å². The van der Waals surface area contributed by atoms with Crippen molar-refractivity contribution in [2.24, 2.45) is 0 Å². The van der Waals surface area contributed by atoms with Gasteiger partial charge < -0.3 is 4.74 Å². The Morgan fingerprint density at radius 2 is 1.75 bits per heavy atom. The molecule has 0 aliphatic rings. The molecule has 0 spiro atoms. The van der Waals surface area contributed by atoms with E-state index in [1.54, 1.807) is 0 Å². The molecule has 1 unspecified atom stereocenters. The molecular weight excluding hydrogens is 196 g/mol. The van der Waals surface area contributed by atoms with E-state index in [-0.39, 0.29) is 6.10 Å². The highest BCUT2D eigenvalue weighted by atomic mass is 16.5. The zero-order valence-electron chi connectivity index (χ0n) is 10.2. The Kier molecular flexibility index (Phi) is 3.14. The van der Waals surface area contributed by atoms with Crippen LogP contribution in [0, 0.1) is 6.92 Å². The number of aryl methyl sites for hydroxylation is 1. The van der Waals surface area contributed by atoms with E-state index in [2.05, 4.69) is 57.2 Å². The van der Waals surface area contributed by atoms with Crippen LogP contribution >= 0.6 is 0 Å². The summed E-state index contributed by atoms with van der Waals surface area (Å²) in [4.78, 5) is 0. The minimum atomic E-state index is 0.278. The van der Waals surface area contributed by atoms with Crippen LogP contribution < -0.4 is 4.74 Å². The Bertz CT molecular complexity index is 488. The van der Waals surface area contributed by atoms with E-state index in [9.17, 15) is 0 Å². The number of fused-ring (bicyclic) bond motifs is 1. The van der Waals surface area contributed by atoms with Gasteiger partial charge in [-0.25, -0.2) is 0 Å². The number of hydrogen-bond acceptors (Lipinski definition) is 1. The average Bonchev–Trinajstić information content (AvgIpc) is 2.30. The molecule has 0 aliphatic carbocycles. The summed E-state index contributed by atoms with van der Waals surface area (Å²) in [6, 6.07) is 12.7. The van der Waals surface area contributed by atoms with Gasteiger partial charge in [0.05, 0.1) is 6.10 Å². The Morgan fingerprint density at radius 1 is 1.12 bits per heavy atom. The van der Waals surface area contributed by atoms with Crippen LogP contribution in [0.1, 0.15) is 25.8 Å². The highest BCUT2D eigenvalue weighted by Gasteiger charge is 2.05. The molecule has 0 bridgehead atoms. The summed E-state index contributed by atoms with van der Waals surface area (Å²) in [5.41, 5.74) is 1.21. The van der Waals surface area contributed by atoms with Gasteiger partial charge in [-0.2, -0.15) is 0 Å². The molecule has 2 rings (SSSR count). The van der Waals surface area contributed by atoms with Crippen LogP contribution in [-0.4, -0.2) is 6.10 Å². The summed E-state index contributed by atoms with van der Waals surface area (Å²) in [6.45, 7) is 6.35. The van der Waals surface area contributed by atoms with E-state index in [4.69, 9.17) is 4.74 Å². The Balaban J connectivity index is 2.42. The van der Waals surface area contributed by atoms with Crippen LogP contribution in [0.4, 0.5) is 0 Å². The van der Waals surface area contributed by atoms with Crippen LogP contribution in [0.2, 0.25) is 0 Å². The second-order valence-corrected chi connectivity index (χ2v) is 4.30. The summed E-state index contributed by atoms with van der Waals surface area (Å²) >= 11 is 0. The van der Waals surface area contributed by atoms with Gasteiger partial charge in [0.15, 0.2) is 0 Å². The maximum atomic E-state index is 5.90. The third-order valence-corrected chi connectivity index (χ3v) is 2.95. The van der Waals surface area contributed by atoms with Crippen LogP contribution in [0.3, 0.4) is 0 Å². The molecule has 0 heterocycles. The lowest BCUT2D eigenvalue weighted by molar-refractivity contribution is 0.216. The molecule has 1 nitrogen and oxygen atoms in total. The highest BCUT2D eigenvalue weighted by Crippen LogP contribution is 2.26. The van der Waals surface area contributed by atoms with Crippen LogP contribution in [0.25, 0.3) is 10.8 Å². The lowest BCUT2D eigenvalue weighted by Gasteiger charge is -2.15. The van der Waals surface area contributed by atoms with E-state index >= 15 is 0 Å². The van der Waals surface area contributed by atoms with Crippen molar-refractivity contribution in [1.29, 1.82) is 0 Å². The molecule has 0 N–H and O–H groups in total. The number of hydrogen-bond donors (Lipinski definition) is 0. The van der Waals surface area contributed by atoms with Crippen molar-refractivity contribution in [2.45, 2.75) is 33.3 Å². The molecule has 84 valence electrons. The summed E-state index contributed by atoms with van der Waals surface area (Å²) in [5, 5.41) is 2.52. The van der Waals surface area contributed by atoms with E-state index in [0.717, 1.165) is 12.2 Å². The number of benzene rings is 2. The first-order valence-corrected chi connectivity index (χ1v) is 5.86. The lowest BCUT2D eigenvalue weighted by Crippen LogP contribution is -2.10. The van der Waals surface area contributed by atoms with Crippen molar-refractivity contribution >= 4 is 10.8 Å². The quantitative estimate of drug-likeness (QED) is 0.739. The topological polar surface area (TPSA) is 9.23 Å². The maximum absolute atomic E-state index is 5.90. The molecule has 2 aromatic rings. The number of ether oxygens (including phenoxy) is 1. The zero-order valence-corrected chi connectivity index (χ0v) is 10.2. The lowest BCUT2D eigenvalue weighted by atomic mass is 10.1. The van der Waals surface area contributed by atoms with E-state index in [1.165, 1.54) is 16.3 Å². The first kappa shape index (κ1) is 11.0. The third kappa shape index (κ3) is 2.19. The fourth-order valence-corrected chi connectivity index (χ4v) is 1.76. The summed E-state index contributed by atoms with van der Waals surface area (Å²) in [5.74, 6) is 1.01. The molecule has 16 heavy (non-hydrogen) atoms. The van der Waals surface area contributed by atoms with Crippen LogP contribution in [0.15, 0.2) is 36.4 Å². The minimum absolute atomic E-state index is 0.278. The van der Waals surface area contributed by atoms with E-state index < -0.39 is 0 Å². The molecule has 1 atom stereocenters. The summed E-state index contributed by atoms with van der Waals surface area (Å²) < 4.78 is 5.90. The van der Waals surface area contributed by atoms with Crippen molar-refractivity contribution in [2.75, 3.05) is 0 Å². The molecule has 1 heteroatoms. The fraction of sp³-hybridized carbons (Fsp3) is 0.333. The first-order chi connectivity index (χ1) is 7.70. The molecule has 0 saturated carbocycles. The highest BCUT2D eigenvalue weighted by molar-refractivity contribution is 5.84. The van der Waals surface area contributed by atoms with Gasteiger partial charge in [0, 0.05) is 0 Å². The maximum Gasteiger partial charge on any atom is 0.123 e. The van der Waals surface area contributed by atoms with Crippen molar-refractivity contribution in [3.63, 3.8) is 0 Å². The monoisotopic (exact) mass is 214 g/mol. The van der Waals surface area contributed by atoms with Gasteiger partial charge >= 0.3 is 0 Å². The number of rotatable bonds is 3. The molecular formula is C15H18O. The average molecular weight is 214 g/mol. The van der Waals surface area contributed by atoms with Crippen molar-refractivity contribution in [1.82, 2.24) is 0 Å². The predicted octanol–water partition coefficient (Wildman–Crippen LogP) is 4.33. The van der Waals surface area contributed by atoms with Gasteiger partial charge in [-0.15, -0.1) is 0 Å². The summed E-state index contributed by atoms with van der Waals surface area (Å²) in [6.07, 6.45) is 1.31. The second-order valence-electron chi connectivity index (χ2n) is 4.30.